The first kappa shape index (κ1) is 20.3. The Bertz CT molecular complexity index is 1020. The van der Waals surface area contributed by atoms with Crippen LogP contribution in [0.2, 0.25) is 0 Å². The van der Waals surface area contributed by atoms with E-state index >= 15 is 0 Å². The van der Waals surface area contributed by atoms with E-state index in [1.54, 1.807) is 32.6 Å². The first-order valence-electron chi connectivity index (χ1n) is 8.25. The van der Waals surface area contributed by atoms with Crippen LogP contribution in [-0.4, -0.2) is 31.4 Å². The van der Waals surface area contributed by atoms with E-state index in [-0.39, 0.29) is 0 Å². The lowest BCUT2D eigenvalue weighted by atomic mass is 10.00. The molecule has 0 bridgehead atoms. The molecule has 0 aliphatic rings. The second-order valence-corrected chi connectivity index (χ2v) is 8.67. The van der Waals surface area contributed by atoms with E-state index in [1.165, 1.54) is 7.11 Å². The molecule has 2 aromatic carbocycles. The highest BCUT2D eigenvalue weighted by molar-refractivity contribution is 8.50. The summed E-state index contributed by atoms with van der Waals surface area (Å²) >= 11 is 0.865. The van der Waals surface area contributed by atoms with E-state index in [9.17, 15) is 9.46 Å². The zero-order valence-corrected chi connectivity index (χ0v) is 17.6. The quantitative estimate of drug-likeness (QED) is 0.543. The molecule has 7 nitrogen and oxygen atoms in total. The Kier molecular flexibility index (Phi) is 6.34. The SMILES string of the molecule is COc1ccc(-c2conc2-c2cc(C)c(OC)c(OC)c2)cc1S[PH](=O)O. The van der Waals surface area contributed by atoms with E-state index in [2.05, 4.69) is 5.16 Å². The molecule has 0 fully saturated rings. The third-order valence-corrected chi connectivity index (χ3v) is 6.08. The van der Waals surface area contributed by atoms with Gasteiger partial charge in [0.05, 0.1) is 26.2 Å². The minimum atomic E-state index is -2.77. The third-order valence-electron chi connectivity index (χ3n) is 4.18. The van der Waals surface area contributed by atoms with Crippen molar-refractivity contribution in [1.29, 1.82) is 0 Å². The van der Waals surface area contributed by atoms with Gasteiger partial charge in [-0.05, 0) is 53.7 Å². The smallest absolute Gasteiger partial charge is 0.248 e. The Hall–Kier alpha value is -2.41. The van der Waals surface area contributed by atoms with E-state index < -0.39 is 7.23 Å². The number of hydrogen-bond donors (Lipinski definition) is 1. The largest absolute Gasteiger partial charge is 0.496 e. The predicted octanol–water partition coefficient (Wildman–Crippen LogP) is 4.82. The summed E-state index contributed by atoms with van der Waals surface area (Å²) in [7, 11) is 1.92. The molecule has 0 aliphatic heterocycles. The zero-order chi connectivity index (χ0) is 20.3. The average molecular weight is 421 g/mol. The second-order valence-electron chi connectivity index (χ2n) is 5.84. The van der Waals surface area contributed by atoms with Gasteiger partial charge in [0.2, 0.25) is 7.23 Å². The summed E-state index contributed by atoms with van der Waals surface area (Å²) in [6.45, 7) is 1.92. The van der Waals surface area contributed by atoms with Crippen LogP contribution < -0.4 is 14.2 Å². The highest BCUT2D eigenvalue weighted by atomic mass is 32.7. The first-order valence-corrected chi connectivity index (χ1v) is 11.1. The molecular weight excluding hydrogens is 401 g/mol. The van der Waals surface area contributed by atoms with Crippen molar-refractivity contribution < 1.29 is 28.2 Å². The van der Waals surface area contributed by atoms with Crippen LogP contribution in [0.25, 0.3) is 22.4 Å². The van der Waals surface area contributed by atoms with Crippen molar-refractivity contribution in [1.82, 2.24) is 5.16 Å². The normalized spacial score (nSPS) is 11.9. The van der Waals surface area contributed by atoms with Gasteiger partial charge in [0.25, 0.3) is 0 Å². The summed E-state index contributed by atoms with van der Waals surface area (Å²) in [5.74, 6) is 1.78. The summed E-state index contributed by atoms with van der Waals surface area (Å²) in [5, 5.41) is 4.15. The van der Waals surface area contributed by atoms with E-state index in [0.29, 0.717) is 27.8 Å². The molecular formula is C19H20NO6PS. The fraction of sp³-hybridized carbons (Fsp3) is 0.211. The number of benzene rings is 2. The van der Waals surface area contributed by atoms with Crippen molar-refractivity contribution in [2.45, 2.75) is 11.8 Å². The van der Waals surface area contributed by atoms with Gasteiger partial charge in [0.1, 0.15) is 17.7 Å². The van der Waals surface area contributed by atoms with Crippen molar-refractivity contribution >= 4 is 18.6 Å². The summed E-state index contributed by atoms with van der Waals surface area (Å²) in [5.41, 5.74) is 3.86. The van der Waals surface area contributed by atoms with Crippen molar-refractivity contribution in [3.8, 4) is 39.6 Å². The highest BCUT2D eigenvalue weighted by Crippen LogP contribution is 2.46. The van der Waals surface area contributed by atoms with Crippen LogP contribution in [0.5, 0.6) is 17.2 Å². The number of aryl methyl sites for hydroxylation is 1. The highest BCUT2D eigenvalue weighted by Gasteiger charge is 2.18. The van der Waals surface area contributed by atoms with Crippen LogP contribution in [0, 0.1) is 6.92 Å². The van der Waals surface area contributed by atoms with Crippen LogP contribution in [-0.2, 0) is 4.57 Å². The molecule has 0 saturated carbocycles. The van der Waals surface area contributed by atoms with Gasteiger partial charge < -0.3 is 23.6 Å². The van der Waals surface area contributed by atoms with Gasteiger partial charge in [-0.25, -0.2) is 0 Å². The maximum Gasteiger partial charge on any atom is 0.248 e. The van der Waals surface area contributed by atoms with Gasteiger partial charge >= 0.3 is 0 Å². The molecule has 0 aliphatic carbocycles. The molecule has 28 heavy (non-hydrogen) atoms. The summed E-state index contributed by atoms with van der Waals surface area (Å²) in [6, 6.07) is 9.15. The fourth-order valence-electron chi connectivity index (χ4n) is 2.96. The average Bonchev–Trinajstić information content (AvgIpc) is 3.16. The fourth-order valence-corrected chi connectivity index (χ4v) is 4.63. The van der Waals surface area contributed by atoms with Crippen molar-refractivity contribution in [3.63, 3.8) is 0 Å². The van der Waals surface area contributed by atoms with E-state index in [0.717, 1.165) is 33.6 Å². The minimum absolute atomic E-state index is 0.529. The monoisotopic (exact) mass is 421 g/mol. The van der Waals surface area contributed by atoms with Crippen LogP contribution >= 0.6 is 18.6 Å². The van der Waals surface area contributed by atoms with E-state index in [4.69, 9.17) is 18.7 Å². The molecule has 0 saturated heterocycles. The van der Waals surface area contributed by atoms with E-state index in [1.807, 2.05) is 25.1 Å². The maximum absolute atomic E-state index is 11.3. The molecule has 1 heterocycles. The Balaban J connectivity index is 2.10. The van der Waals surface area contributed by atoms with Gasteiger partial charge in [-0.1, -0.05) is 11.2 Å². The minimum Gasteiger partial charge on any atom is -0.496 e. The van der Waals surface area contributed by atoms with Crippen molar-refractivity contribution in [3.05, 3.63) is 42.2 Å². The predicted molar refractivity (Wildman–Crippen MR) is 109 cm³/mol. The van der Waals surface area contributed by atoms with Crippen molar-refractivity contribution in [2.24, 2.45) is 0 Å². The zero-order valence-electron chi connectivity index (χ0n) is 15.8. The van der Waals surface area contributed by atoms with Gasteiger partial charge in [-0.2, -0.15) is 0 Å². The molecule has 1 atom stereocenters. The molecule has 0 radical (unpaired) electrons. The van der Waals surface area contributed by atoms with Crippen LogP contribution in [0.3, 0.4) is 0 Å². The molecule has 1 N–H and O–H groups in total. The molecule has 0 spiro atoms. The molecule has 148 valence electrons. The topological polar surface area (TPSA) is 91.0 Å². The Morgan fingerprint density at radius 1 is 1.04 bits per heavy atom. The number of ether oxygens (including phenoxy) is 3. The molecule has 1 unspecified atom stereocenters. The number of aromatic nitrogens is 1. The molecule has 0 amide bonds. The standard InChI is InChI=1S/C19H20NO6PS/c1-11-7-13(8-16(24-3)19(11)25-4)18-14(10-26-20-18)12-5-6-15(23-2)17(9-12)28-27(21)22/h5-10,27H,1-4H3,(H,21,22). The number of nitrogens with zero attached hydrogens (tertiary/aromatic N) is 1. The van der Waals surface area contributed by atoms with Gasteiger partial charge in [0.15, 0.2) is 11.5 Å². The molecule has 3 rings (SSSR count). The number of rotatable bonds is 7. The van der Waals surface area contributed by atoms with Gasteiger partial charge in [-0.15, -0.1) is 0 Å². The Morgan fingerprint density at radius 3 is 2.43 bits per heavy atom. The number of hydrogen-bond acceptors (Lipinski definition) is 7. The summed E-state index contributed by atoms with van der Waals surface area (Å²) < 4.78 is 32.7. The lowest BCUT2D eigenvalue weighted by molar-refractivity contribution is 0.353. The van der Waals surface area contributed by atoms with Gasteiger partial charge in [0, 0.05) is 11.1 Å². The first-order chi connectivity index (χ1) is 13.5. The van der Waals surface area contributed by atoms with Crippen molar-refractivity contribution in [2.75, 3.05) is 21.3 Å². The lowest BCUT2D eigenvalue weighted by Crippen LogP contribution is -1.95. The van der Waals surface area contributed by atoms with Gasteiger partial charge in [-0.3, -0.25) is 4.57 Å². The second kappa shape index (κ2) is 8.73. The lowest BCUT2D eigenvalue weighted by Gasteiger charge is -2.13. The number of methoxy groups -OCH3 is 3. The maximum atomic E-state index is 11.3. The summed E-state index contributed by atoms with van der Waals surface area (Å²) in [4.78, 5) is 9.89. The Morgan fingerprint density at radius 2 is 1.79 bits per heavy atom. The molecule has 1 aromatic heterocycles. The van der Waals surface area contributed by atoms with Crippen LogP contribution in [0.1, 0.15) is 5.56 Å². The Labute approximate surface area is 167 Å². The third kappa shape index (κ3) is 4.04. The molecule has 3 aromatic rings. The van der Waals surface area contributed by atoms with Crippen LogP contribution in [0.4, 0.5) is 0 Å². The van der Waals surface area contributed by atoms with Crippen LogP contribution in [0.15, 0.2) is 46.0 Å². The summed E-state index contributed by atoms with van der Waals surface area (Å²) in [6.07, 6.45) is 1.54. The molecule has 9 heteroatoms.